The van der Waals surface area contributed by atoms with Crippen LogP contribution in [0.15, 0.2) is 0 Å². The summed E-state index contributed by atoms with van der Waals surface area (Å²) < 4.78 is 27.5. The first kappa shape index (κ1) is 20.1. The van der Waals surface area contributed by atoms with Crippen LogP contribution in [0.3, 0.4) is 0 Å². The van der Waals surface area contributed by atoms with Crippen molar-refractivity contribution in [1.29, 1.82) is 0 Å². The van der Waals surface area contributed by atoms with Crippen LogP contribution in [0.25, 0.3) is 0 Å². The Kier molecular flexibility index (Phi) is 14.8. The van der Waals surface area contributed by atoms with Crippen LogP contribution in [-0.4, -0.2) is 58.9 Å². The molecular formula is C11H27NO5S. The normalized spacial score (nSPS) is 11.2. The van der Waals surface area contributed by atoms with Crippen molar-refractivity contribution in [1.82, 2.24) is 4.90 Å². The zero-order valence-corrected chi connectivity index (χ0v) is 12.7. The van der Waals surface area contributed by atoms with E-state index < -0.39 is 10.4 Å². The maximum absolute atomic E-state index is 9.92. The number of likely N-dealkylation sites (N-methyl/N-ethyl adjacent to an activating group) is 1. The summed E-state index contributed by atoms with van der Waals surface area (Å²) in [6.45, 7) is 7.68. The summed E-state index contributed by atoms with van der Waals surface area (Å²) >= 11 is 0. The topological polar surface area (TPSA) is 76.1 Å². The van der Waals surface area contributed by atoms with Crippen LogP contribution in [0.4, 0.5) is 0 Å². The largest absolute Gasteiger partial charge is 0.399 e. The van der Waals surface area contributed by atoms with E-state index in [0.29, 0.717) is 6.61 Å². The van der Waals surface area contributed by atoms with Crippen molar-refractivity contribution in [3.05, 3.63) is 0 Å². The molecule has 18 heavy (non-hydrogen) atoms. The van der Waals surface area contributed by atoms with Gasteiger partial charge in [0.2, 0.25) is 0 Å². The van der Waals surface area contributed by atoms with Gasteiger partial charge in [0.1, 0.15) is 0 Å². The molecule has 0 bridgehead atoms. The van der Waals surface area contributed by atoms with E-state index in [2.05, 4.69) is 27.1 Å². The minimum Gasteiger partial charge on any atom is -0.395 e. The third-order valence-corrected chi connectivity index (χ3v) is 3.17. The van der Waals surface area contributed by atoms with E-state index in [4.69, 9.17) is 5.11 Å². The summed E-state index contributed by atoms with van der Waals surface area (Å²) in [5, 5.41) is 8.68. The number of aliphatic hydroxyl groups excluding tert-OH is 1. The minimum absolute atomic E-state index is 0.292. The molecule has 7 heteroatoms. The van der Waals surface area contributed by atoms with E-state index in [0.717, 1.165) is 33.9 Å². The number of hydrogen-bond donors (Lipinski definition) is 1. The maximum atomic E-state index is 9.92. The standard InChI is InChI=1S/C9H21NO.C2H6O4S/c1-3-5-6-7-10(4-2)8-9-11;1-5-7(3,4)6-2/h11H,3-9H2,1-2H3;1-2H3. The Bertz CT molecular complexity index is 246. The average molecular weight is 285 g/mol. The molecule has 0 amide bonds. The molecule has 112 valence electrons. The van der Waals surface area contributed by atoms with Crippen molar-refractivity contribution >= 4 is 10.4 Å². The molecule has 0 aromatic carbocycles. The molecule has 0 heterocycles. The molecule has 0 aliphatic rings. The van der Waals surface area contributed by atoms with Gasteiger partial charge in [0.15, 0.2) is 0 Å². The minimum atomic E-state index is -3.66. The lowest BCUT2D eigenvalue weighted by molar-refractivity contribution is 0.199. The van der Waals surface area contributed by atoms with Crippen molar-refractivity contribution in [2.24, 2.45) is 0 Å². The van der Waals surface area contributed by atoms with Crippen LogP contribution in [0.1, 0.15) is 33.1 Å². The SMILES string of the molecule is CCCCCN(CC)CCO.COS(=O)(=O)OC. The highest BCUT2D eigenvalue weighted by Crippen LogP contribution is 1.97. The lowest BCUT2D eigenvalue weighted by atomic mass is 10.2. The molecule has 6 nitrogen and oxygen atoms in total. The van der Waals surface area contributed by atoms with Crippen LogP contribution in [0.5, 0.6) is 0 Å². The van der Waals surface area contributed by atoms with Crippen molar-refractivity contribution in [2.75, 3.05) is 40.5 Å². The molecule has 0 unspecified atom stereocenters. The van der Waals surface area contributed by atoms with Crippen molar-refractivity contribution < 1.29 is 21.9 Å². The van der Waals surface area contributed by atoms with E-state index in [9.17, 15) is 8.42 Å². The van der Waals surface area contributed by atoms with Gasteiger partial charge in [-0.2, -0.15) is 8.42 Å². The lowest BCUT2D eigenvalue weighted by Crippen LogP contribution is -2.27. The summed E-state index contributed by atoms with van der Waals surface area (Å²) in [4.78, 5) is 2.29. The van der Waals surface area contributed by atoms with Gasteiger partial charge in [-0.25, -0.2) is 0 Å². The Balaban J connectivity index is 0. The van der Waals surface area contributed by atoms with Gasteiger partial charge in [0.05, 0.1) is 20.8 Å². The molecule has 0 rings (SSSR count). The third kappa shape index (κ3) is 13.9. The summed E-state index contributed by atoms with van der Waals surface area (Å²) in [6.07, 6.45) is 3.85. The van der Waals surface area contributed by atoms with E-state index in [1.165, 1.54) is 19.3 Å². The Hall–Kier alpha value is -0.210. The average Bonchev–Trinajstić information content (AvgIpc) is 2.38. The highest BCUT2D eigenvalue weighted by molar-refractivity contribution is 7.81. The fraction of sp³-hybridized carbons (Fsp3) is 1.00. The van der Waals surface area contributed by atoms with Crippen LogP contribution < -0.4 is 0 Å². The zero-order chi connectivity index (χ0) is 14.4. The fourth-order valence-corrected chi connectivity index (χ4v) is 1.36. The van der Waals surface area contributed by atoms with Crippen LogP contribution in [-0.2, 0) is 18.8 Å². The van der Waals surface area contributed by atoms with E-state index in [1.807, 2.05) is 0 Å². The molecule has 1 N–H and O–H groups in total. The number of aliphatic hydroxyl groups is 1. The number of rotatable bonds is 9. The van der Waals surface area contributed by atoms with Crippen molar-refractivity contribution in [2.45, 2.75) is 33.1 Å². The quantitative estimate of drug-likeness (QED) is 0.637. The molecule has 0 fully saturated rings. The van der Waals surface area contributed by atoms with E-state index in [-0.39, 0.29) is 0 Å². The lowest BCUT2D eigenvalue weighted by Gasteiger charge is -2.18. The van der Waals surface area contributed by atoms with Gasteiger partial charge >= 0.3 is 10.4 Å². The van der Waals surface area contributed by atoms with Gasteiger partial charge in [-0.05, 0) is 19.5 Å². The van der Waals surface area contributed by atoms with Crippen LogP contribution in [0.2, 0.25) is 0 Å². The monoisotopic (exact) mass is 285 g/mol. The Morgan fingerprint density at radius 2 is 1.61 bits per heavy atom. The third-order valence-electron chi connectivity index (χ3n) is 2.35. The molecule has 0 saturated carbocycles. The summed E-state index contributed by atoms with van der Waals surface area (Å²) in [5.74, 6) is 0. The van der Waals surface area contributed by atoms with Gasteiger partial charge in [-0.15, -0.1) is 0 Å². The maximum Gasteiger partial charge on any atom is 0.399 e. The predicted octanol–water partition coefficient (Wildman–Crippen LogP) is 1.01. The Labute approximate surface area is 111 Å². The molecular weight excluding hydrogens is 258 g/mol. The van der Waals surface area contributed by atoms with Gasteiger partial charge in [-0.3, -0.25) is 8.37 Å². The number of unbranched alkanes of at least 4 members (excludes halogenated alkanes) is 2. The molecule has 0 aliphatic heterocycles. The number of hydrogen-bond acceptors (Lipinski definition) is 6. The first-order valence-electron chi connectivity index (χ1n) is 6.16. The molecule has 0 atom stereocenters. The highest BCUT2D eigenvalue weighted by Gasteiger charge is 2.01. The summed E-state index contributed by atoms with van der Waals surface area (Å²) in [6, 6.07) is 0. The fourth-order valence-electron chi connectivity index (χ4n) is 1.22. The van der Waals surface area contributed by atoms with Crippen LogP contribution in [0, 0.1) is 0 Å². The zero-order valence-electron chi connectivity index (χ0n) is 11.9. The second-order valence-electron chi connectivity index (χ2n) is 3.61. The van der Waals surface area contributed by atoms with Crippen LogP contribution >= 0.6 is 0 Å². The van der Waals surface area contributed by atoms with E-state index >= 15 is 0 Å². The highest BCUT2D eigenvalue weighted by atomic mass is 32.3. The van der Waals surface area contributed by atoms with Gasteiger partial charge in [-0.1, -0.05) is 26.7 Å². The second-order valence-corrected chi connectivity index (χ2v) is 5.09. The smallest absolute Gasteiger partial charge is 0.395 e. The van der Waals surface area contributed by atoms with E-state index in [1.54, 1.807) is 0 Å². The second kappa shape index (κ2) is 13.2. The van der Waals surface area contributed by atoms with Gasteiger partial charge in [0.25, 0.3) is 0 Å². The summed E-state index contributed by atoms with van der Waals surface area (Å²) in [7, 11) is -1.60. The van der Waals surface area contributed by atoms with Gasteiger partial charge < -0.3 is 10.0 Å². The predicted molar refractivity (Wildman–Crippen MR) is 71.7 cm³/mol. The van der Waals surface area contributed by atoms with Crippen molar-refractivity contribution in [3.63, 3.8) is 0 Å². The summed E-state index contributed by atoms with van der Waals surface area (Å²) in [5.41, 5.74) is 0. The molecule has 0 aromatic rings. The van der Waals surface area contributed by atoms with Gasteiger partial charge in [0, 0.05) is 6.54 Å². The Morgan fingerprint density at radius 3 is 1.89 bits per heavy atom. The Morgan fingerprint density at radius 1 is 1.06 bits per heavy atom. The first-order chi connectivity index (χ1) is 8.47. The number of nitrogens with zero attached hydrogens (tertiary/aromatic N) is 1. The molecule has 0 aliphatic carbocycles. The first-order valence-corrected chi connectivity index (χ1v) is 7.50. The molecule has 0 radical (unpaired) electrons. The molecule has 0 saturated heterocycles. The van der Waals surface area contributed by atoms with Crippen molar-refractivity contribution in [3.8, 4) is 0 Å². The molecule has 0 aromatic heterocycles. The molecule has 0 spiro atoms.